The Hall–Kier alpha value is 0.989. The normalized spacial score (nSPS) is 10.4. The van der Waals surface area contributed by atoms with Gasteiger partial charge in [0.25, 0.3) is 0 Å². The third kappa shape index (κ3) is 2.35. The van der Waals surface area contributed by atoms with Crippen LogP contribution in [0.1, 0.15) is 0 Å². The summed E-state index contributed by atoms with van der Waals surface area (Å²) in [7, 11) is 0. The summed E-state index contributed by atoms with van der Waals surface area (Å²) in [5.41, 5.74) is 3.34. The van der Waals surface area contributed by atoms with Gasteiger partial charge in [-0.2, -0.15) is 24.3 Å². The Kier molecular flexibility index (Phi) is 5.28. The second-order valence-electron chi connectivity index (χ2n) is 3.33. The Balaban J connectivity index is 0.000000602. The molecule has 0 saturated carbocycles. The topological polar surface area (TPSA) is 51.6 Å². The third-order valence-corrected chi connectivity index (χ3v) is 3.54. The molecule has 0 atom stereocenters. The van der Waals surface area contributed by atoms with Gasteiger partial charge in [0.15, 0.2) is 0 Å². The smallest absolute Gasteiger partial charge is 0.0522 e. The molecule has 0 aliphatic heterocycles. The van der Waals surface area contributed by atoms with E-state index in [4.69, 9.17) is 0 Å². The van der Waals surface area contributed by atoms with Gasteiger partial charge in [-0.1, -0.05) is 11.0 Å². The molecule has 0 saturated heterocycles. The van der Waals surface area contributed by atoms with Gasteiger partial charge < -0.3 is 0 Å². The van der Waals surface area contributed by atoms with Crippen LogP contribution >= 0.6 is 23.5 Å². The van der Waals surface area contributed by atoms with Crippen LogP contribution in [0.3, 0.4) is 0 Å². The molecule has 0 aliphatic rings. The molecule has 0 radical (unpaired) electrons. The summed E-state index contributed by atoms with van der Waals surface area (Å²) in [4.78, 5) is 0. The number of fused-ring (bicyclic) bond motifs is 5. The van der Waals surface area contributed by atoms with Crippen LogP contribution < -0.4 is 0 Å². The van der Waals surface area contributed by atoms with Crippen molar-refractivity contribution in [3.05, 3.63) is 24.3 Å². The Morgan fingerprint density at radius 1 is 0.722 bits per heavy atom. The predicted molar refractivity (Wildman–Crippen MR) is 63.6 cm³/mol. The second kappa shape index (κ2) is 6.18. The molecule has 0 spiro atoms. The maximum Gasteiger partial charge on any atom is 0.0522 e. The minimum atomic E-state index is 0. The van der Waals surface area contributed by atoms with Crippen LogP contribution in [0.25, 0.3) is 32.8 Å². The second-order valence-corrected chi connectivity index (χ2v) is 4.38. The minimum Gasteiger partial charge on any atom is -0.253 e. The van der Waals surface area contributed by atoms with Crippen molar-refractivity contribution in [3.63, 3.8) is 0 Å². The molecule has 8 heteroatoms. The van der Waals surface area contributed by atoms with Gasteiger partial charge in [0.2, 0.25) is 0 Å². The van der Waals surface area contributed by atoms with Gasteiger partial charge in [-0.3, -0.25) is 8.75 Å². The number of hydrogen-bond acceptors (Lipinski definition) is 6. The molecular weight excluding hydrogens is 704 g/mol. The Morgan fingerprint density at radius 2 is 1.17 bits per heavy atom. The Bertz CT molecular complexity index is 756. The van der Waals surface area contributed by atoms with Crippen LogP contribution in [0.15, 0.2) is 12.1 Å². The summed E-state index contributed by atoms with van der Waals surface area (Å²) < 4.78 is 16.9. The first kappa shape index (κ1) is 15.4. The van der Waals surface area contributed by atoms with Crippen molar-refractivity contribution in [1.29, 1.82) is 0 Å². The summed E-state index contributed by atoms with van der Waals surface area (Å²) in [6.07, 6.45) is 0. The predicted octanol–water partition coefficient (Wildman–Crippen LogP) is 2.45. The SMILES string of the molecule is [Th].[Th].[c-]1cc2c(c[c-]c3nsnc32)c2nsnc12. The van der Waals surface area contributed by atoms with E-state index < -0.39 is 0 Å². The van der Waals surface area contributed by atoms with E-state index in [0.717, 1.165) is 32.8 Å². The molecular formula is C10H2N4S2Th2-2. The molecule has 4 rings (SSSR count). The monoisotopic (exact) mass is 706 g/mol. The van der Waals surface area contributed by atoms with E-state index >= 15 is 0 Å². The van der Waals surface area contributed by atoms with Crippen molar-refractivity contribution in [1.82, 2.24) is 17.5 Å². The molecule has 0 bridgehead atoms. The van der Waals surface area contributed by atoms with Gasteiger partial charge in [0.1, 0.15) is 0 Å². The first-order valence-electron chi connectivity index (χ1n) is 4.53. The van der Waals surface area contributed by atoms with Gasteiger partial charge in [0.05, 0.1) is 23.5 Å². The van der Waals surface area contributed by atoms with E-state index in [1.807, 2.05) is 12.1 Å². The average Bonchev–Trinajstić information content (AvgIpc) is 2.96. The first-order chi connectivity index (χ1) is 7.93. The molecule has 0 aliphatic carbocycles. The van der Waals surface area contributed by atoms with Gasteiger partial charge in [-0.15, -0.1) is 0 Å². The molecule has 18 heavy (non-hydrogen) atoms. The number of hydrogen-bond donors (Lipinski definition) is 0. The maximum atomic E-state index is 4.27. The van der Waals surface area contributed by atoms with E-state index in [1.54, 1.807) is 0 Å². The minimum absolute atomic E-state index is 0. The fourth-order valence-electron chi connectivity index (χ4n) is 1.75. The molecule has 0 fully saturated rings. The van der Waals surface area contributed by atoms with Crippen molar-refractivity contribution in [2.45, 2.75) is 0 Å². The number of benzene rings is 2. The number of rotatable bonds is 0. The van der Waals surface area contributed by atoms with Gasteiger partial charge in [-0.05, 0) is 11.0 Å². The molecule has 0 amide bonds. The molecule has 2 aromatic carbocycles. The molecule has 4 nitrogen and oxygen atoms in total. The Morgan fingerprint density at radius 3 is 1.61 bits per heavy atom. The summed E-state index contributed by atoms with van der Waals surface area (Å²) in [6.45, 7) is 0. The van der Waals surface area contributed by atoms with Crippen LogP contribution in [-0.4, -0.2) is 17.5 Å². The summed E-state index contributed by atoms with van der Waals surface area (Å²) >= 11 is 2.39. The first-order valence-corrected chi connectivity index (χ1v) is 5.99. The van der Waals surface area contributed by atoms with Crippen LogP contribution in [0.4, 0.5) is 0 Å². The Labute approximate surface area is 175 Å². The average molecular weight is 706 g/mol. The van der Waals surface area contributed by atoms with Gasteiger partial charge in [0, 0.05) is 79.9 Å². The van der Waals surface area contributed by atoms with Crippen LogP contribution in [0, 0.1) is 92.0 Å². The van der Waals surface area contributed by atoms with Gasteiger partial charge in [-0.25, -0.2) is 19.5 Å². The zero-order valence-electron chi connectivity index (χ0n) is 8.76. The van der Waals surface area contributed by atoms with E-state index in [9.17, 15) is 0 Å². The van der Waals surface area contributed by atoms with Crippen molar-refractivity contribution < 1.29 is 79.9 Å². The molecule has 4 aromatic rings. The van der Waals surface area contributed by atoms with E-state index in [2.05, 4.69) is 29.6 Å². The van der Waals surface area contributed by atoms with Crippen molar-refractivity contribution in [3.8, 4) is 0 Å². The zero-order chi connectivity index (χ0) is 10.5. The number of nitrogens with zero attached hydrogens (tertiary/aromatic N) is 4. The fourth-order valence-corrected chi connectivity index (χ4v) is 2.80. The largest absolute Gasteiger partial charge is 0.253 e. The zero-order valence-corrected chi connectivity index (χ0v) is 18.6. The summed E-state index contributed by atoms with van der Waals surface area (Å²) in [5, 5.41) is 2.03. The summed E-state index contributed by atoms with van der Waals surface area (Å²) in [5.74, 6) is 0. The maximum absolute atomic E-state index is 4.27. The number of aromatic nitrogens is 4. The summed E-state index contributed by atoms with van der Waals surface area (Å²) in [6, 6.07) is 10.0. The van der Waals surface area contributed by atoms with Crippen molar-refractivity contribution >= 4 is 56.3 Å². The van der Waals surface area contributed by atoms with Crippen LogP contribution in [-0.2, 0) is 0 Å². The third-order valence-electron chi connectivity index (χ3n) is 2.48. The van der Waals surface area contributed by atoms with Crippen molar-refractivity contribution in [2.24, 2.45) is 0 Å². The molecule has 2 heterocycles. The van der Waals surface area contributed by atoms with Crippen LogP contribution in [0.2, 0.25) is 0 Å². The standard InChI is InChI=1S/C10H2N4S2.2Th/c1-3-7-10(14-15-11-7)6-2-4-8-9(5(1)6)13-16-12-8;;/h1-2H;;/q-2;;. The van der Waals surface area contributed by atoms with E-state index in [1.165, 1.54) is 23.5 Å². The van der Waals surface area contributed by atoms with E-state index in [-0.39, 0.29) is 79.9 Å². The van der Waals surface area contributed by atoms with E-state index in [0.29, 0.717) is 0 Å². The molecule has 2 aromatic heterocycles. The molecule has 84 valence electrons. The quantitative estimate of drug-likeness (QED) is 0.264. The fraction of sp³-hybridized carbons (Fsp3) is 0. The molecule has 0 N–H and O–H groups in total. The van der Waals surface area contributed by atoms with Crippen molar-refractivity contribution in [2.75, 3.05) is 0 Å². The van der Waals surface area contributed by atoms with Crippen LogP contribution in [0.5, 0.6) is 0 Å². The van der Waals surface area contributed by atoms with Gasteiger partial charge >= 0.3 is 0 Å². The molecule has 0 unspecified atom stereocenters.